The van der Waals surface area contributed by atoms with Gasteiger partial charge in [0.2, 0.25) is 5.91 Å². The van der Waals surface area contributed by atoms with Crippen molar-refractivity contribution in [2.75, 3.05) is 7.05 Å². The lowest BCUT2D eigenvalue weighted by Crippen LogP contribution is -2.49. The molecule has 6 heteroatoms. The van der Waals surface area contributed by atoms with E-state index in [9.17, 15) is 18.8 Å². The molecule has 1 aromatic rings. The summed E-state index contributed by atoms with van der Waals surface area (Å²) < 4.78 is 28.5. The fourth-order valence-corrected chi connectivity index (χ4v) is 3.15. The molecule has 0 heterocycles. The van der Waals surface area contributed by atoms with Gasteiger partial charge in [0.25, 0.3) is 0 Å². The summed E-state index contributed by atoms with van der Waals surface area (Å²) in [6.07, 6.45) is 5.29. The number of ether oxygens (including phenoxy) is 1. The molecule has 1 aromatic carbocycles. The molecule has 2 rings (SSSR count). The van der Waals surface area contributed by atoms with Crippen molar-refractivity contribution in [2.45, 2.75) is 57.1 Å². The molecule has 0 spiro atoms. The molecule has 1 aliphatic rings. The van der Waals surface area contributed by atoms with Crippen molar-refractivity contribution in [3.05, 3.63) is 29.8 Å². The second kappa shape index (κ2) is 8.09. The van der Waals surface area contributed by atoms with E-state index in [1.54, 1.807) is 24.1 Å². The van der Waals surface area contributed by atoms with E-state index >= 15 is 0 Å². The zero-order valence-electron chi connectivity index (χ0n) is 13.8. The number of hydrogen-bond acceptors (Lipinski definition) is 3. The first-order valence-corrected chi connectivity index (χ1v) is 8.18. The van der Waals surface area contributed by atoms with Crippen molar-refractivity contribution in [3.63, 3.8) is 0 Å². The van der Waals surface area contributed by atoms with E-state index in [1.807, 2.05) is 0 Å². The second-order valence-electron chi connectivity index (χ2n) is 6.18. The number of aryl methyl sites for hydroxylation is 1. The number of rotatable bonds is 6. The smallest absolute Gasteiger partial charge is 0.387 e. The number of alkyl halides is 2. The molecule has 0 unspecified atom stereocenters. The summed E-state index contributed by atoms with van der Waals surface area (Å²) in [4.78, 5) is 14.0. The highest BCUT2D eigenvalue weighted by atomic mass is 19.3. The number of carbonyl (C=O) groups excluding carboxylic acids is 1. The Morgan fingerprint density at radius 2 is 1.92 bits per heavy atom. The van der Waals surface area contributed by atoms with Crippen molar-refractivity contribution in [2.24, 2.45) is 0 Å². The van der Waals surface area contributed by atoms with Crippen LogP contribution in [0, 0.1) is 11.3 Å². The topological polar surface area (TPSA) is 53.3 Å². The largest absolute Gasteiger partial charge is 0.435 e. The number of nitrogens with zero attached hydrogens (tertiary/aromatic N) is 2. The minimum Gasteiger partial charge on any atom is -0.435 e. The maximum Gasteiger partial charge on any atom is 0.387 e. The Bertz CT molecular complexity index is 590. The predicted octanol–water partition coefficient (Wildman–Crippen LogP) is 3.91. The van der Waals surface area contributed by atoms with E-state index in [0.717, 1.165) is 37.7 Å². The van der Waals surface area contributed by atoms with E-state index < -0.39 is 12.2 Å². The van der Waals surface area contributed by atoms with Crippen LogP contribution in [0.25, 0.3) is 0 Å². The van der Waals surface area contributed by atoms with Gasteiger partial charge in [0.05, 0.1) is 6.07 Å². The van der Waals surface area contributed by atoms with Crippen LogP contribution in [0.2, 0.25) is 0 Å². The molecule has 130 valence electrons. The van der Waals surface area contributed by atoms with Crippen LogP contribution in [0.1, 0.15) is 44.1 Å². The van der Waals surface area contributed by atoms with Crippen LogP contribution < -0.4 is 4.74 Å². The SMILES string of the molecule is CN(C(=O)CCc1ccc(OC(F)F)cc1)C1(C#N)CCCCC1. The van der Waals surface area contributed by atoms with Crippen LogP contribution in [-0.2, 0) is 11.2 Å². The standard InChI is InChI=1S/C18H22F2N2O2/c1-22(18(13-21)11-3-2-4-12-18)16(23)10-7-14-5-8-15(9-6-14)24-17(19)20/h5-6,8-9,17H,2-4,7,10-12H2,1H3. The lowest BCUT2D eigenvalue weighted by atomic mass is 9.81. The minimum atomic E-state index is -2.84. The van der Waals surface area contributed by atoms with Crippen LogP contribution in [0.15, 0.2) is 24.3 Å². The number of hydrogen-bond donors (Lipinski definition) is 0. The molecule has 0 N–H and O–H groups in total. The van der Waals surface area contributed by atoms with Gasteiger partial charge in [-0.05, 0) is 37.0 Å². The first-order valence-electron chi connectivity index (χ1n) is 8.18. The van der Waals surface area contributed by atoms with Gasteiger partial charge in [-0.3, -0.25) is 4.79 Å². The lowest BCUT2D eigenvalue weighted by molar-refractivity contribution is -0.134. The Kier molecular flexibility index (Phi) is 6.13. The number of carbonyl (C=O) groups is 1. The van der Waals surface area contributed by atoms with Gasteiger partial charge in [0.15, 0.2) is 0 Å². The van der Waals surface area contributed by atoms with Crippen LogP contribution in [0.4, 0.5) is 8.78 Å². The summed E-state index contributed by atoms with van der Waals surface area (Å²) in [7, 11) is 1.70. The van der Waals surface area contributed by atoms with Crippen molar-refractivity contribution in [3.8, 4) is 11.8 Å². The van der Waals surface area contributed by atoms with E-state index in [0.29, 0.717) is 6.42 Å². The number of benzene rings is 1. The van der Waals surface area contributed by atoms with Crippen LogP contribution in [0.5, 0.6) is 5.75 Å². The van der Waals surface area contributed by atoms with Gasteiger partial charge in [-0.1, -0.05) is 31.4 Å². The highest BCUT2D eigenvalue weighted by Gasteiger charge is 2.38. The van der Waals surface area contributed by atoms with Gasteiger partial charge in [0.1, 0.15) is 11.3 Å². The summed E-state index contributed by atoms with van der Waals surface area (Å²) in [6.45, 7) is -2.84. The van der Waals surface area contributed by atoms with Gasteiger partial charge in [-0.25, -0.2) is 0 Å². The summed E-state index contributed by atoms with van der Waals surface area (Å²) >= 11 is 0. The predicted molar refractivity (Wildman–Crippen MR) is 85.6 cm³/mol. The average Bonchev–Trinajstić information content (AvgIpc) is 2.60. The summed E-state index contributed by atoms with van der Waals surface area (Å²) in [5.41, 5.74) is 0.192. The molecular weight excluding hydrogens is 314 g/mol. The molecule has 0 bridgehead atoms. The highest BCUT2D eigenvalue weighted by Crippen LogP contribution is 2.32. The molecule has 1 aliphatic carbocycles. The van der Waals surface area contributed by atoms with E-state index in [4.69, 9.17) is 0 Å². The molecule has 0 atom stereocenters. The normalized spacial score (nSPS) is 16.5. The van der Waals surface area contributed by atoms with E-state index in [1.165, 1.54) is 12.1 Å². The fourth-order valence-electron chi connectivity index (χ4n) is 3.15. The zero-order valence-corrected chi connectivity index (χ0v) is 13.8. The Balaban J connectivity index is 1.91. The maximum absolute atomic E-state index is 12.4. The van der Waals surface area contributed by atoms with Crippen molar-refractivity contribution in [1.82, 2.24) is 4.90 Å². The second-order valence-corrected chi connectivity index (χ2v) is 6.18. The van der Waals surface area contributed by atoms with E-state index in [-0.39, 0.29) is 18.1 Å². The molecule has 1 amide bonds. The summed E-state index contributed by atoms with van der Waals surface area (Å²) in [5.74, 6) is 0.0363. The minimum absolute atomic E-state index is 0.0636. The number of halogens is 2. The van der Waals surface area contributed by atoms with Gasteiger partial charge in [-0.15, -0.1) is 0 Å². The molecule has 0 aromatic heterocycles. The third kappa shape index (κ3) is 4.44. The first-order chi connectivity index (χ1) is 11.5. The summed E-state index contributed by atoms with van der Waals surface area (Å²) in [6, 6.07) is 8.62. The molecule has 4 nitrogen and oxygen atoms in total. The Morgan fingerprint density at radius 3 is 2.46 bits per heavy atom. The fraction of sp³-hybridized carbons (Fsp3) is 0.556. The van der Waals surface area contributed by atoms with Gasteiger partial charge >= 0.3 is 6.61 Å². The monoisotopic (exact) mass is 336 g/mol. The Hall–Kier alpha value is -2.16. The summed E-state index contributed by atoms with van der Waals surface area (Å²) in [5, 5.41) is 9.53. The van der Waals surface area contributed by atoms with Crippen LogP contribution >= 0.6 is 0 Å². The van der Waals surface area contributed by atoms with Crippen LogP contribution in [0.3, 0.4) is 0 Å². The molecule has 1 fully saturated rings. The molecular formula is C18H22F2N2O2. The molecule has 24 heavy (non-hydrogen) atoms. The zero-order chi connectivity index (χ0) is 17.6. The quantitative estimate of drug-likeness (QED) is 0.791. The third-order valence-electron chi connectivity index (χ3n) is 4.68. The third-order valence-corrected chi connectivity index (χ3v) is 4.68. The van der Waals surface area contributed by atoms with E-state index in [2.05, 4.69) is 10.8 Å². The average molecular weight is 336 g/mol. The Morgan fingerprint density at radius 1 is 1.29 bits per heavy atom. The van der Waals surface area contributed by atoms with Crippen molar-refractivity contribution >= 4 is 5.91 Å². The van der Waals surface area contributed by atoms with Gasteiger partial charge in [-0.2, -0.15) is 14.0 Å². The molecule has 0 radical (unpaired) electrons. The van der Waals surface area contributed by atoms with Crippen molar-refractivity contribution < 1.29 is 18.3 Å². The molecule has 0 saturated heterocycles. The number of amides is 1. The van der Waals surface area contributed by atoms with Crippen molar-refractivity contribution in [1.29, 1.82) is 5.26 Å². The van der Waals surface area contributed by atoms with Gasteiger partial charge < -0.3 is 9.64 Å². The number of nitriles is 1. The van der Waals surface area contributed by atoms with Gasteiger partial charge in [0, 0.05) is 13.5 Å². The first kappa shape index (κ1) is 18.2. The molecule has 0 aliphatic heterocycles. The Labute approximate surface area is 141 Å². The highest BCUT2D eigenvalue weighted by molar-refractivity contribution is 5.77. The maximum atomic E-state index is 12.4. The molecule has 1 saturated carbocycles. The lowest BCUT2D eigenvalue weighted by Gasteiger charge is -2.39. The van der Waals surface area contributed by atoms with Crippen LogP contribution in [-0.4, -0.2) is 30.0 Å².